The quantitative estimate of drug-likeness (QED) is 0.640. The zero-order valence-corrected chi connectivity index (χ0v) is 8.05. The average Bonchev–Trinajstić information content (AvgIpc) is 2.82. The number of carbonyl (C=O) groups is 1. The van der Waals surface area contributed by atoms with Gasteiger partial charge >= 0.3 is 6.03 Å². The Bertz CT molecular complexity index is 203. The molecule has 4 heteroatoms. The highest BCUT2D eigenvalue weighted by molar-refractivity contribution is 5.75. The van der Waals surface area contributed by atoms with Gasteiger partial charge in [-0.15, -0.1) is 0 Å². The van der Waals surface area contributed by atoms with Gasteiger partial charge in [-0.05, 0) is 26.3 Å². The third kappa shape index (κ3) is 2.12. The third-order valence-electron chi connectivity index (χ3n) is 2.79. The van der Waals surface area contributed by atoms with Crippen LogP contribution in [-0.2, 0) is 0 Å². The van der Waals surface area contributed by atoms with E-state index in [-0.39, 0.29) is 6.03 Å². The van der Waals surface area contributed by atoms with Crippen LogP contribution in [0.5, 0.6) is 0 Å². The molecule has 4 nitrogen and oxygen atoms in total. The van der Waals surface area contributed by atoms with E-state index in [4.69, 9.17) is 0 Å². The number of hydrogen-bond donors (Lipinski definition) is 2. The summed E-state index contributed by atoms with van der Waals surface area (Å²) in [7, 11) is 1.95. The molecule has 1 atom stereocenters. The summed E-state index contributed by atoms with van der Waals surface area (Å²) in [4.78, 5) is 13.4. The molecule has 2 aliphatic rings. The van der Waals surface area contributed by atoms with Gasteiger partial charge in [-0.25, -0.2) is 4.79 Å². The fraction of sp³-hybridized carbons (Fsp3) is 0.889. The van der Waals surface area contributed by atoms with Crippen molar-refractivity contribution in [1.29, 1.82) is 0 Å². The van der Waals surface area contributed by atoms with Crippen LogP contribution in [0.15, 0.2) is 0 Å². The lowest BCUT2D eigenvalue weighted by atomic mass is 10.3. The highest BCUT2D eigenvalue weighted by atomic mass is 16.2. The standard InChI is InChI=1S/C9H17N3O/c1-10-8-4-5-12(6-8)9(13)11-7-2-3-7/h7-8,10H,2-6H2,1H3,(H,11,13)/t8-/m1/s1. The van der Waals surface area contributed by atoms with E-state index in [1.54, 1.807) is 0 Å². The van der Waals surface area contributed by atoms with Crippen LogP contribution >= 0.6 is 0 Å². The van der Waals surface area contributed by atoms with Gasteiger partial charge in [0.05, 0.1) is 0 Å². The number of carbonyl (C=O) groups excluding carboxylic acids is 1. The van der Waals surface area contributed by atoms with Crippen LogP contribution in [0.1, 0.15) is 19.3 Å². The van der Waals surface area contributed by atoms with Crippen molar-refractivity contribution in [3.05, 3.63) is 0 Å². The van der Waals surface area contributed by atoms with Gasteiger partial charge in [0.15, 0.2) is 0 Å². The Morgan fingerprint density at radius 2 is 2.08 bits per heavy atom. The predicted octanol–water partition coefficient (Wildman–Crippen LogP) is 0.152. The smallest absolute Gasteiger partial charge is 0.317 e. The van der Waals surface area contributed by atoms with Crippen LogP contribution in [0, 0.1) is 0 Å². The van der Waals surface area contributed by atoms with E-state index in [1.807, 2.05) is 11.9 Å². The maximum Gasteiger partial charge on any atom is 0.317 e. The topological polar surface area (TPSA) is 44.4 Å². The van der Waals surface area contributed by atoms with Crippen LogP contribution in [0.2, 0.25) is 0 Å². The predicted molar refractivity (Wildman–Crippen MR) is 50.6 cm³/mol. The molecule has 74 valence electrons. The summed E-state index contributed by atoms with van der Waals surface area (Å²) >= 11 is 0. The molecule has 0 aromatic carbocycles. The minimum Gasteiger partial charge on any atom is -0.335 e. The van der Waals surface area contributed by atoms with Crippen molar-refractivity contribution in [1.82, 2.24) is 15.5 Å². The number of amides is 2. The second kappa shape index (κ2) is 3.54. The van der Waals surface area contributed by atoms with Gasteiger partial charge in [-0.1, -0.05) is 0 Å². The van der Waals surface area contributed by atoms with E-state index in [1.165, 1.54) is 0 Å². The molecule has 1 aliphatic carbocycles. The molecule has 2 N–H and O–H groups in total. The van der Waals surface area contributed by atoms with Crippen molar-refractivity contribution < 1.29 is 4.79 Å². The van der Waals surface area contributed by atoms with Crippen molar-refractivity contribution in [2.45, 2.75) is 31.3 Å². The Hall–Kier alpha value is -0.770. The monoisotopic (exact) mass is 183 g/mol. The molecule has 2 amide bonds. The summed E-state index contributed by atoms with van der Waals surface area (Å²) in [6, 6.07) is 1.09. The van der Waals surface area contributed by atoms with E-state index in [9.17, 15) is 4.79 Å². The molecule has 13 heavy (non-hydrogen) atoms. The van der Waals surface area contributed by atoms with Crippen molar-refractivity contribution >= 4 is 6.03 Å². The first-order valence-electron chi connectivity index (χ1n) is 5.02. The maximum absolute atomic E-state index is 11.5. The van der Waals surface area contributed by atoms with Crippen molar-refractivity contribution in [2.75, 3.05) is 20.1 Å². The molecule has 1 saturated heterocycles. The molecular formula is C9H17N3O. The second-order valence-corrected chi connectivity index (χ2v) is 3.94. The molecule has 1 aliphatic heterocycles. The summed E-state index contributed by atoms with van der Waals surface area (Å²) in [5, 5.41) is 6.20. The van der Waals surface area contributed by atoms with Gasteiger partial charge in [-0.3, -0.25) is 0 Å². The summed E-state index contributed by atoms with van der Waals surface area (Å²) in [5.41, 5.74) is 0. The molecule has 0 spiro atoms. The Labute approximate surface area is 78.7 Å². The molecule has 1 heterocycles. The molecule has 0 radical (unpaired) electrons. The van der Waals surface area contributed by atoms with Crippen molar-refractivity contribution in [3.63, 3.8) is 0 Å². The first kappa shape index (κ1) is 8.81. The second-order valence-electron chi connectivity index (χ2n) is 3.94. The van der Waals surface area contributed by atoms with Crippen LogP contribution < -0.4 is 10.6 Å². The van der Waals surface area contributed by atoms with Crippen LogP contribution in [0.25, 0.3) is 0 Å². The van der Waals surface area contributed by atoms with Gasteiger partial charge in [0, 0.05) is 25.2 Å². The summed E-state index contributed by atoms with van der Waals surface area (Å²) < 4.78 is 0. The summed E-state index contributed by atoms with van der Waals surface area (Å²) in [5.74, 6) is 0. The number of likely N-dealkylation sites (N-methyl/N-ethyl adjacent to an activating group) is 1. The average molecular weight is 183 g/mol. The summed E-state index contributed by atoms with van der Waals surface area (Å²) in [6.07, 6.45) is 3.40. The van der Waals surface area contributed by atoms with E-state index < -0.39 is 0 Å². The Morgan fingerprint density at radius 1 is 1.31 bits per heavy atom. The van der Waals surface area contributed by atoms with Crippen LogP contribution in [0.4, 0.5) is 4.79 Å². The lowest BCUT2D eigenvalue weighted by Crippen LogP contribution is -2.41. The van der Waals surface area contributed by atoms with Gasteiger partial charge in [0.25, 0.3) is 0 Å². The molecule has 2 rings (SSSR count). The number of likely N-dealkylation sites (tertiary alicyclic amines) is 1. The Kier molecular flexibility index (Phi) is 2.40. The molecule has 0 unspecified atom stereocenters. The van der Waals surface area contributed by atoms with E-state index in [2.05, 4.69) is 10.6 Å². The fourth-order valence-corrected chi connectivity index (χ4v) is 1.67. The molecule has 0 bridgehead atoms. The van der Waals surface area contributed by atoms with Crippen molar-refractivity contribution in [3.8, 4) is 0 Å². The van der Waals surface area contributed by atoms with E-state index in [0.717, 1.165) is 32.4 Å². The van der Waals surface area contributed by atoms with E-state index in [0.29, 0.717) is 12.1 Å². The Balaban J connectivity index is 1.77. The number of hydrogen-bond acceptors (Lipinski definition) is 2. The van der Waals surface area contributed by atoms with Gasteiger partial charge in [0.2, 0.25) is 0 Å². The first-order valence-corrected chi connectivity index (χ1v) is 5.02. The highest BCUT2D eigenvalue weighted by Gasteiger charge is 2.29. The largest absolute Gasteiger partial charge is 0.335 e. The maximum atomic E-state index is 11.5. The lowest BCUT2D eigenvalue weighted by Gasteiger charge is -2.16. The van der Waals surface area contributed by atoms with Crippen LogP contribution in [-0.4, -0.2) is 43.2 Å². The van der Waals surface area contributed by atoms with Gasteiger partial charge < -0.3 is 15.5 Å². The first-order chi connectivity index (χ1) is 6.29. The number of urea groups is 1. The third-order valence-corrected chi connectivity index (χ3v) is 2.79. The highest BCUT2D eigenvalue weighted by Crippen LogP contribution is 2.19. The number of nitrogens with zero attached hydrogens (tertiary/aromatic N) is 1. The molecule has 0 aromatic heterocycles. The van der Waals surface area contributed by atoms with Crippen LogP contribution in [0.3, 0.4) is 0 Å². The molecule has 1 saturated carbocycles. The lowest BCUT2D eigenvalue weighted by molar-refractivity contribution is 0.207. The molecule has 2 fully saturated rings. The van der Waals surface area contributed by atoms with E-state index >= 15 is 0 Å². The van der Waals surface area contributed by atoms with Crippen molar-refractivity contribution in [2.24, 2.45) is 0 Å². The molecule has 0 aromatic rings. The fourth-order valence-electron chi connectivity index (χ4n) is 1.67. The SMILES string of the molecule is CN[C@@H]1CCN(C(=O)NC2CC2)C1. The number of rotatable bonds is 2. The minimum atomic E-state index is 0.125. The minimum absolute atomic E-state index is 0.125. The van der Waals surface area contributed by atoms with Gasteiger partial charge in [-0.2, -0.15) is 0 Å². The number of nitrogens with one attached hydrogen (secondary N) is 2. The van der Waals surface area contributed by atoms with Gasteiger partial charge in [0.1, 0.15) is 0 Å². The normalized spacial score (nSPS) is 27.8. The molecular weight excluding hydrogens is 166 g/mol. The zero-order valence-electron chi connectivity index (χ0n) is 8.05. The Morgan fingerprint density at radius 3 is 2.62 bits per heavy atom. The summed E-state index contributed by atoms with van der Waals surface area (Å²) in [6.45, 7) is 1.75. The zero-order chi connectivity index (χ0) is 9.26.